The van der Waals surface area contributed by atoms with Crippen molar-refractivity contribution in [3.05, 3.63) is 28.3 Å². The van der Waals surface area contributed by atoms with Crippen LogP contribution >= 0.6 is 11.3 Å². The summed E-state index contributed by atoms with van der Waals surface area (Å²) in [6.07, 6.45) is -0.00289. The zero-order valence-electron chi connectivity index (χ0n) is 11.0. The molecule has 0 spiro atoms. The van der Waals surface area contributed by atoms with Crippen LogP contribution in [0.25, 0.3) is 11.5 Å². The van der Waals surface area contributed by atoms with Gasteiger partial charge in [0, 0.05) is 10.9 Å². The van der Waals surface area contributed by atoms with Gasteiger partial charge in [-0.1, -0.05) is 0 Å². The Kier molecular flexibility index (Phi) is 4.19. The number of carbonyl (C=O) groups excluding carboxylic acids is 1. The van der Waals surface area contributed by atoms with Crippen LogP contribution in [-0.2, 0) is 16.0 Å². The SMILES string of the molecule is Cc1oc(-c2ccsc2)nc1CC(=O)N[C@@H](C)C(=O)O. The van der Waals surface area contributed by atoms with E-state index in [-0.39, 0.29) is 6.42 Å². The van der Waals surface area contributed by atoms with E-state index < -0.39 is 17.9 Å². The first-order chi connectivity index (χ1) is 9.47. The van der Waals surface area contributed by atoms with E-state index in [1.165, 1.54) is 18.3 Å². The van der Waals surface area contributed by atoms with Crippen molar-refractivity contribution in [1.82, 2.24) is 10.3 Å². The number of aliphatic carboxylic acids is 1. The van der Waals surface area contributed by atoms with E-state index in [2.05, 4.69) is 10.3 Å². The second kappa shape index (κ2) is 5.87. The predicted octanol–water partition coefficient (Wildman–Crippen LogP) is 1.84. The number of nitrogens with one attached hydrogen (secondary N) is 1. The zero-order valence-corrected chi connectivity index (χ0v) is 11.9. The van der Waals surface area contributed by atoms with Gasteiger partial charge in [-0.15, -0.1) is 0 Å². The fourth-order valence-electron chi connectivity index (χ4n) is 1.61. The van der Waals surface area contributed by atoms with Crippen molar-refractivity contribution < 1.29 is 19.1 Å². The molecule has 0 aromatic carbocycles. The van der Waals surface area contributed by atoms with Gasteiger partial charge in [0.2, 0.25) is 11.8 Å². The third kappa shape index (κ3) is 3.24. The number of aryl methyl sites for hydroxylation is 1. The van der Waals surface area contributed by atoms with Gasteiger partial charge in [-0.2, -0.15) is 11.3 Å². The van der Waals surface area contributed by atoms with Gasteiger partial charge in [0.1, 0.15) is 11.8 Å². The summed E-state index contributed by atoms with van der Waals surface area (Å²) in [4.78, 5) is 26.7. The van der Waals surface area contributed by atoms with E-state index in [9.17, 15) is 9.59 Å². The number of carboxylic acids is 1. The number of hydrogen-bond acceptors (Lipinski definition) is 5. The van der Waals surface area contributed by atoms with E-state index in [1.54, 1.807) is 6.92 Å². The lowest BCUT2D eigenvalue weighted by atomic mass is 10.2. The number of carbonyl (C=O) groups is 2. The molecule has 0 fully saturated rings. The second-order valence-corrected chi connectivity index (χ2v) is 5.12. The average Bonchev–Trinajstić information content (AvgIpc) is 2.99. The molecular formula is C13H14N2O4S. The van der Waals surface area contributed by atoms with E-state index in [0.717, 1.165) is 5.56 Å². The molecule has 2 aromatic heterocycles. The Labute approximate surface area is 119 Å². The topological polar surface area (TPSA) is 92.4 Å². The maximum absolute atomic E-state index is 11.7. The maximum atomic E-state index is 11.7. The molecule has 0 aliphatic carbocycles. The highest BCUT2D eigenvalue weighted by Crippen LogP contribution is 2.23. The van der Waals surface area contributed by atoms with Crippen molar-refractivity contribution >= 4 is 23.2 Å². The first kappa shape index (κ1) is 14.3. The number of thiophene rings is 1. The minimum atomic E-state index is -1.07. The Bertz CT molecular complexity index is 618. The van der Waals surface area contributed by atoms with Gasteiger partial charge in [-0.05, 0) is 25.3 Å². The maximum Gasteiger partial charge on any atom is 0.325 e. The smallest absolute Gasteiger partial charge is 0.325 e. The molecule has 0 radical (unpaired) electrons. The Balaban J connectivity index is 2.07. The second-order valence-electron chi connectivity index (χ2n) is 4.34. The van der Waals surface area contributed by atoms with Crippen molar-refractivity contribution in [2.75, 3.05) is 0 Å². The number of carboxylic acid groups (broad SMARTS) is 1. The van der Waals surface area contributed by atoms with Crippen LogP contribution in [0, 0.1) is 6.92 Å². The number of oxazole rings is 1. The number of amides is 1. The summed E-state index contributed by atoms with van der Waals surface area (Å²) in [6, 6.07) is 0.956. The van der Waals surface area contributed by atoms with E-state index >= 15 is 0 Å². The van der Waals surface area contributed by atoms with Crippen LogP contribution in [0.2, 0.25) is 0 Å². The van der Waals surface area contributed by atoms with Gasteiger partial charge in [0.05, 0.1) is 12.1 Å². The van der Waals surface area contributed by atoms with Crippen LogP contribution in [0.3, 0.4) is 0 Å². The molecule has 2 rings (SSSR count). The van der Waals surface area contributed by atoms with E-state index in [1.807, 2.05) is 16.8 Å². The number of rotatable bonds is 5. The van der Waals surface area contributed by atoms with Crippen LogP contribution < -0.4 is 5.32 Å². The molecule has 0 saturated carbocycles. The van der Waals surface area contributed by atoms with Crippen LogP contribution in [0.1, 0.15) is 18.4 Å². The predicted molar refractivity (Wildman–Crippen MR) is 73.5 cm³/mol. The standard InChI is InChI=1S/C13H14N2O4S/c1-7(13(17)18)14-11(16)5-10-8(2)19-12(15-10)9-3-4-20-6-9/h3-4,6-7H,5H2,1-2H3,(H,14,16)(H,17,18)/t7-/m0/s1. The van der Waals surface area contributed by atoms with Crippen LogP contribution in [-0.4, -0.2) is 28.0 Å². The molecule has 0 aliphatic rings. The minimum absolute atomic E-state index is 0.00289. The summed E-state index contributed by atoms with van der Waals surface area (Å²) >= 11 is 1.53. The monoisotopic (exact) mass is 294 g/mol. The Morgan fingerprint density at radius 1 is 1.55 bits per heavy atom. The number of hydrogen-bond donors (Lipinski definition) is 2. The van der Waals surface area contributed by atoms with Gasteiger partial charge in [-0.3, -0.25) is 9.59 Å². The van der Waals surface area contributed by atoms with Gasteiger partial charge in [-0.25, -0.2) is 4.98 Å². The van der Waals surface area contributed by atoms with Crippen molar-refractivity contribution in [1.29, 1.82) is 0 Å². The highest BCUT2D eigenvalue weighted by Gasteiger charge is 2.18. The van der Waals surface area contributed by atoms with Crippen molar-refractivity contribution in [3.8, 4) is 11.5 Å². The lowest BCUT2D eigenvalue weighted by Crippen LogP contribution is -2.39. The highest BCUT2D eigenvalue weighted by molar-refractivity contribution is 7.08. The molecule has 106 valence electrons. The normalized spacial score (nSPS) is 12.1. The summed E-state index contributed by atoms with van der Waals surface area (Å²) < 4.78 is 5.51. The first-order valence-corrected chi connectivity index (χ1v) is 6.92. The van der Waals surface area contributed by atoms with E-state index in [0.29, 0.717) is 17.3 Å². The molecule has 20 heavy (non-hydrogen) atoms. The van der Waals surface area contributed by atoms with Gasteiger partial charge < -0.3 is 14.8 Å². The molecule has 7 heteroatoms. The van der Waals surface area contributed by atoms with Crippen LogP contribution in [0.4, 0.5) is 0 Å². The molecule has 0 saturated heterocycles. The molecule has 0 unspecified atom stereocenters. The molecule has 1 amide bonds. The van der Waals surface area contributed by atoms with Crippen LogP contribution in [0.15, 0.2) is 21.2 Å². The van der Waals surface area contributed by atoms with Crippen molar-refractivity contribution in [3.63, 3.8) is 0 Å². The number of nitrogens with zero attached hydrogens (tertiary/aromatic N) is 1. The molecule has 2 aromatic rings. The van der Waals surface area contributed by atoms with Gasteiger partial charge >= 0.3 is 5.97 Å². The quantitative estimate of drug-likeness (QED) is 0.877. The highest BCUT2D eigenvalue weighted by atomic mass is 32.1. The zero-order chi connectivity index (χ0) is 14.7. The lowest BCUT2D eigenvalue weighted by Gasteiger charge is -2.07. The molecule has 2 heterocycles. The molecule has 1 atom stereocenters. The third-order valence-electron chi connectivity index (χ3n) is 2.74. The van der Waals surface area contributed by atoms with Gasteiger partial charge in [0.15, 0.2) is 0 Å². The third-order valence-corrected chi connectivity index (χ3v) is 3.42. The summed E-state index contributed by atoms with van der Waals surface area (Å²) in [5.74, 6) is -0.440. The fraction of sp³-hybridized carbons (Fsp3) is 0.308. The van der Waals surface area contributed by atoms with Gasteiger partial charge in [0.25, 0.3) is 0 Å². The molecule has 0 bridgehead atoms. The fourth-order valence-corrected chi connectivity index (χ4v) is 2.24. The minimum Gasteiger partial charge on any atom is -0.480 e. The Morgan fingerprint density at radius 2 is 2.30 bits per heavy atom. The Morgan fingerprint density at radius 3 is 2.90 bits per heavy atom. The lowest BCUT2D eigenvalue weighted by molar-refractivity contribution is -0.141. The number of aromatic nitrogens is 1. The summed E-state index contributed by atoms with van der Waals surface area (Å²) in [6.45, 7) is 3.14. The summed E-state index contributed by atoms with van der Waals surface area (Å²) in [5.41, 5.74) is 1.38. The molecular weight excluding hydrogens is 280 g/mol. The Hall–Kier alpha value is -2.15. The largest absolute Gasteiger partial charge is 0.480 e. The molecule has 2 N–H and O–H groups in total. The molecule has 6 nitrogen and oxygen atoms in total. The summed E-state index contributed by atoms with van der Waals surface area (Å²) in [5, 5.41) is 14.9. The van der Waals surface area contributed by atoms with Crippen molar-refractivity contribution in [2.45, 2.75) is 26.3 Å². The van der Waals surface area contributed by atoms with Crippen LogP contribution in [0.5, 0.6) is 0 Å². The summed E-state index contributed by atoms with van der Waals surface area (Å²) in [7, 11) is 0. The average molecular weight is 294 g/mol. The van der Waals surface area contributed by atoms with E-state index in [4.69, 9.17) is 9.52 Å². The molecule has 0 aliphatic heterocycles. The first-order valence-electron chi connectivity index (χ1n) is 5.98. The van der Waals surface area contributed by atoms with Crippen molar-refractivity contribution in [2.24, 2.45) is 0 Å².